The number of hydrogen-bond acceptors (Lipinski definition) is 7. The SMILES string of the molecule is COc1ccc(CCCc2cnc(C(=O)N3C[C@H](Oc4ccccc4)C[C@H]3C(=O)N[C@H](C=O)CC(=O)O)[nH]2)cc1. The number of carbonyl (C=O) groups is 4. The summed E-state index contributed by atoms with van der Waals surface area (Å²) in [5, 5.41) is 11.5. The number of likely N-dealkylation sites (tertiary alicyclic amines) is 1. The van der Waals surface area contributed by atoms with Gasteiger partial charge in [0, 0.05) is 18.3 Å². The topological polar surface area (TPSA) is 151 Å². The number of nitrogens with zero attached hydrogens (tertiary/aromatic N) is 2. The number of nitrogens with one attached hydrogen (secondary N) is 2. The second-order valence-electron chi connectivity index (χ2n) is 9.57. The molecule has 1 fully saturated rings. The lowest BCUT2D eigenvalue weighted by molar-refractivity contribution is -0.139. The van der Waals surface area contributed by atoms with E-state index in [1.165, 1.54) is 10.5 Å². The van der Waals surface area contributed by atoms with E-state index in [0.29, 0.717) is 18.5 Å². The Morgan fingerprint density at radius 2 is 1.88 bits per heavy atom. The molecular formula is C29H32N4O7. The third kappa shape index (κ3) is 7.46. The minimum Gasteiger partial charge on any atom is -0.497 e. The highest BCUT2D eigenvalue weighted by molar-refractivity contribution is 5.96. The molecule has 2 heterocycles. The number of imidazole rings is 1. The molecule has 3 aromatic rings. The fourth-order valence-electron chi connectivity index (χ4n) is 4.65. The number of aryl methyl sites for hydroxylation is 2. The summed E-state index contributed by atoms with van der Waals surface area (Å²) in [7, 11) is 1.63. The molecule has 210 valence electrons. The van der Waals surface area contributed by atoms with Crippen molar-refractivity contribution < 1.29 is 33.8 Å². The van der Waals surface area contributed by atoms with Crippen LogP contribution >= 0.6 is 0 Å². The number of carboxylic acids is 1. The number of amides is 2. The lowest BCUT2D eigenvalue weighted by atomic mass is 10.1. The summed E-state index contributed by atoms with van der Waals surface area (Å²) in [6, 6.07) is 14.7. The predicted octanol–water partition coefficient (Wildman–Crippen LogP) is 2.41. The highest BCUT2D eigenvalue weighted by atomic mass is 16.5. The fourth-order valence-corrected chi connectivity index (χ4v) is 4.65. The van der Waals surface area contributed by atoms with Gasteiger partial charge in [0.15, 0.2) is 5.82 Å². The highest BCUT2D eigenvalue weighted by Gasteiger charge is 2.42. The van der Waals surface area contributed by atoms with E-state index >= 15 is 0 Å². The highest BCUT2D eigenvalue weighted by Crippen LogP contribution is 2.25. The number of para-hydroxylation sites is 1. The van der Waals surface area contributed by atoms with E-state index in [9.17, 15) is 19.2 Å². The average molecular weight is 549 g/mol. The van der Waals surface area contributed by atoms with E-state index in [4.69, 9.17) is 14.6 Å². The number of hydrogen-bond donors (Lipinski definition) is 3. The van der Waals surface area contributed by atoms with Gasteiger partial charge in [-0.1, -0.05) is 30.3 Å². The number of rotatable bonds is 13. The Morgan fingerprint density at radius 3 is 2.55 bits per heavy atom. The largest absolute Gasteiger partial charge is 0.497 e. The second-order valence-corrected chi connectivity index (χ2v) is 9.57. The first-order valence-electron chi connectivity index (χ1n) is 13.0. The molecule has 0 spiro atoms. The quantitative estimate of drug-likeness (QED) is 0.276. The maximum Gasteiger partial charge on any atom is 0.305 e. The van der Waals surface area contributed by atoms with Gasteiger partial charge in [-0.25, -0.2) is 4.98 Å². The van der Waals surface area contributed by atoms with E-state index in [1.54, 1.807) is 25.4 Å². The Hall–Kier alpha value is -4.67. The summed E-state index contributed by atoms with van der Waals surface area (Å²) >= 11 is 0. The summed E-state index contributed by atoms with van der Waals surface area (Å²) in [4.78, 5) is 57.7. The second kappa shape index (κ2) is 13.4. The van der Waals surface area contributed by atoms with Crippen LogP contribution < -0.4 is 14.8 Å². The number of aromatic amines is 1. The predicted molar refractivity (Wildman–Crippen MR) is 144 cm³/mol. The van der Waals surface area contributed by atoms with Crippen molar-refractivity contribution in [1.29, 1.82) is 0 Å². The van der Waals surface area contributed by atoms with Gasteiger partial charge in [0.05, 0.1) is 26.1 Å². The van der Waals surface area contributed by atoms with Crippen LogP contribution in [0.2, 0.25) is 0 Å². The molecule has 4 rings (SSSR count). The van der Waals surface area contributed by atoms with Crippen molar-refractivity contribution in [1.82, 2.24) is 20.2 Å². The van der Waals surface area contributed by atoms with Gasteiger partial charge in [-0.2, -0.15) is 0 Å². The molecule has 2 amide bonds. The van der Waals surface area contributed by atoms with Crippen LogP contribution in [0.3, 0.4) is 0 Å². The summed E-state index contributed by atoms with van der Waals surface area (Å²) in [5.41, 5.74) is 1.96. The number of carbonyl (C=O) groups excluding carboxylic acids is 3. The van der Waals surface area contributed by atoms with E-state index in [1.807, 2.05) is 42.5 Å². The number of ether oxygens (including phenoxy) is 2. The number of methoxy groups -OCH3 is 1. The van der Waals surface area contributed by atoms with Gasteiger partial charge < -0.3 is 34.6 Å². The number of H-pyrrole nitrogens is 1. The van der Waals surface area contributed by atoms with Gasteiger partial charge in [-0.05, 0) is 49.1 Å². The van der Waals surface area contributed by atoms with Gasteiger partial charge in [0.2, 0.25) is 5.91 Å². The van der Waals surface area contributed by atoms with Crippen LogP contribution in [0, 0.1) is 0 Å². The summed E-state index contributed by atoms with van der Waals surface area (Å²) in [6.45, 7) is 0.115. The summed E-state index contributed by atoms with van der Waals surface area (Å²) < 4.78 is 11.2. The number of aliphatic carboxylic acids is 1. The molecule has 0 saturated carbocycles. The molecular weight excluding hydrogens is 516 g/mol. The Kier molecular flexibility index (Phi) is 9.50. The van der Waals surface area contributed by atoms with Crippen LogP contribution in [-0.4, -0.2) is 75.9 Å². The minimum atomic E-state index is -1.22. The van der Waals surface area contributed by atoms with Gasteiger partial charge in [0.25, 0.3) is 5.91 Å². The van der Waals surface area contributed by atoms with Crippen molar-refractivity contribution in [3.05, 3.63) is 77.9 Å². The molecule has 0 aliphatic carbocycles. The van der Waals surface area contributed by atoms with E-state index in [-0.39, 0.29) is 18.8 Å². The molecule has 11 nitrogen and oxygen atoms in total. The molecule has 1 aliphatic rings. The third-order valence-electron chi connectivity index (χ3n) is 6.66. The van der Waals surface area contributed by atoms with Crippen LogP contribution in [0.5, 0.6) is 11.5 Å². The molecule has 3 atom stereocenters. The van der Waals surface area contributed by atoms with Crippen LogP contribution in [0.4, 0.5) is 0 Å². The van der Waals surface area contributed by atoms with Gasteiger partial charge in [0.1, 0.15) is 29.9 Å². The summed E-state index contributed by atoms with van der Waals surface area (Å²) in [5.74, 6) is -0.852. The maximum atomic E-state index is 13.5. The first-order chi connectivity index (χ1) is 19.4. The van der Waals surface area contributed by atoms with Crippen molar-refractivity contribution in [3.63, 3.8) is 0 Å². The number of aromatic nitrogens is 2. The first kappa shape index (κ1) is 28.3. The normalized spacial score (nSPS) is 17.2. The molecule has 1 saturated heterocycles. The summed E-state index contributed by atoms with van der Waals surface area (Å²) in [6.07, 6.45) is 3.45. The van der Waals surface area contributed by atoms with Crippen LogP contribution in [0.25, 0.3) is 0 Å². The molecule has 0 unspecified atom stereocenters. The van der Waals surface area contributed by atoms with Gasteiger partial charge in [-0.3, -0.25) is 14.4 Å². The fraction of sp³-hybridized carbons (Fsp3) is 0.345. The minimum absolute atomic E-state index is 0.0927. The molecule has 1 aliphatic heterocycles. The molecule has 1 aromatic heterocycles. The number of carboxylic acid groups (broad SMARTS) is 1. The van der Waals surface area contributed by atoms with E-state index in [2.05, 4.69) is 15.3 Å². The zero-order chi connectivity index (χ0) is 28.5. The third-order valence-corrected chi connectivity index (χ3v) is 6.66. The molecule has 11 heteroatoms. The zero-order valence-electron chi connectivity index (χ0n) is 22.1. The van der Waals surface area contributed by atoms with Gasteiger partial charge in [-0.15, -0.1) is 0 Å². The van der Waals surface area contributed by atoms with E-state index < -0.39 is 42.4 Å². The molecule has 0 bridgehead atoms. The van der Waals surface area contributed by atoms with Crippen LogP contribution in [-0.2, 0) is 27.2 Å². The molecule has 40 heavy (non-hydrogen) atoms. The number of benzene rings is 2. The van der Waals surface area contributed by atoms with Crippen molar-refractivity contribution in [3.8, 4) is 11.5 Å². The van der Waals surface area contributed by atoms with Crippen molar-refractivity contribution >= 4 is 24.1 Å². The van der Waals surface area contributed by atoms with Crippen molar-refractivity contribution in [2.75, 3.05) is 13.7 Å². The average Bonchev–Trinajstić information content (AvgIpc) is 3.60. The zero-order valence-corrected chi connectivity index (χ0v) is 22.1. The lowest BCUT2D eigenvalue weighted by Gasteiger charge is -2.23. The monoisotopic (exact) mass is 548 g/mol. The van der Waals surface area contributed by atoms with Gasteiger partial charge >= 0.3 is 5.97 Å². The van der Waals surface area contributed by atoms with E-state index in [0.717, 1.165) is 24.3 Å². The van der Waals surface area contributed by atoms with Crippen molar-refractivity contribution in [2.45, 2.75) is 50.3 Å². The Morgan fingerprint density at radius 1 is 1.12 bits per heavy atom. The first-order valence-corrected chi connectivity index (χ1v) is 13.0. The van der Waals surface area contributed by atoms with Crippen LogP contribution in [0.1, 0.15) is 41.1 Å². The lowest BCUT2D eigenvalue weighted by Crippen LogP contribution is -2.49. The molecule has 3 N–H and O–H groups in total. The van der Waals surface area contributed by atoms with Crippen molar-refractivity contribution in [2.24, 2.45) is 0 Å². The molecule has 0 radical (unpaired) electrons. The maximum absolute atomic E-state index is 13.5. The van der Waals surface area contributed by atoms with Crippen LogP contribution in [0.15, 0.2) is 60.8 Å². The standard InChI is InChI=1S/C29H32N4O7/c1-39-22-12-10-19(11-13-22)6-5-7-20-16-30-27(31-20)29(38)33-17-24(40-23-8-3-2-4-9-23)15-25(33)28(37)32-21(18-34)14-26(35)36/h2-4,8-13,16,18,21,24-25H,5-7,14-15,17H2,1H3,(H,30,31)(H,32,37)(H,35,36)/t21-,24+,25-/m0/s1. The Labute approximate surface area is 231 Å². The Balaban J connectivity index is 1.42. The smallest absolute Gasteiger partial charge is 0.305 e. The molecule has 2 aromatic carbocycles. The number of aldehydes is 1. The Bertz CT molecular complexity index is 1310.